The third kappa shape index (κ3) is 38.9. The van der Waals surface area contributed by atoms with E-state index in [0.717, 1.165) is 0 Å². The van der Waals surface area contributed by atoms with Crippen LogP contribution in [0.1, 0.15) is 110 Å². The Morgan fingerprint density at radius 2 is 0.792 bits per heavy atom. The second kappa shape index (κ2) is 22.6. The molecule has 0 radical (unpaired) electrons. The van der Waals surface area contributed by atoms with Gasteiger partial charge in [-0.25, -0.2) is 0 Å². The summed E-state index contributed by atoms with van der Waals surface area (Å²) in [7, 11) is 0. The number of hydrogen-bond donors (Lipinski definition) is 3. The molecule has 3 N–H and O–H groups in total. The van der Waals surface area contributed by atoms with Gasteiger partial charge in [-0.3, -0.25) is 0 Å². The van der Waals surface area contributed by atoms with Gasteiger partial charge in [-0.05, 0) is 11.8 Å². The first-order valence-electron chi connectivity index (χ1n) is 10.2. The van der Waals surface area contributed by atoms with E-state index >= 15 is 0 Å². The molecule has 0 aliphatic heterocycles. The summed E-state index contributed by atoms with van der Waals surface area (Å²) in [6.07, 6.45) is 23.7. The Balaban J connectivity index is 0. The van der Waals surface area contributed by atoms with E-state index in [2.05, 4.69) is 18.7 Å². The van der Waals surface area contributed by atoms with E-state index in [4.69, 9.17) is 14.7 Å². The zero-order chi connectivity index (χ0) is 18.5. The molecule has 0 saturated heterocycles. The first kappa shape index (κ1) is 27.7. The maximum atomic E-state index is 7.56. The Kier molecular flexibility index (Phi) is 26.1. The summed E-state index contributed by atoms with van der Waals surface area (Å²) in [6, 6.07) is 0. The van der Waals surface area contributed by atoms with Crippen molar-refractivity contribution in [1.29, 1.82) is 0 Å². The Morgan fingerprint density at radius 3 is 1.00 bits per heavy atom. The number of unbranched alkanes of at least 4 members (excludes halogenated alkanes) is 15. The molecule has 0 aliphatic rings. The fourth-order valence-electron chi connectivity index (χ4n) is 2.80. The minimum atomic E-state index is -3.81. The first-order valence-corrected chi connectivity index (χ1v) is 14.3. The molecule has 0 amide bonds. The zero-order valence-corrected chi connectivity index (χ0v) is 19.9. The summed E-state index contributed by atoms with van der Waals surface area (Å²) < 4.78 is 1.51. The Morgan fingerprint density at radius 1 is 0.583 bits per heavy atom. The van der Waals surface area contributed by atoms with Crippen LogP contribution in [0.3, 0.4) is 0 Å². The summed E-state index contributed by atoms with van der Waals surface area (Å²) >= 11 is 5.01. The van der Waals surface area contributed by atoms with E-state index in [-0.39, 0.29) is 0 Å². The normalized spacial score (nSPS) is 11.2. The van der Waals surface area contributed by atoms with Gasteiger partial charge in [0, 0.05) is 0 Å². The van der Waals surface area contributed by atoms with Crippen LogP contribution < -0.4 is 0 Å². The molecular formula is C18H40NaO3PS. The first-order chi connectivity index (χ1) is 11.4. The van der Waals surface area contributed by atoms with Crippen LogP contribution in [0.4, 0.5) is 0 Å². The second-order valence-electron chi connectivity index (χ2n) is 6.82. The fraction of sp³-hybridized carbons (Fsp3) is 1.00. The van der Waals surface area contributed by atoms with E-state index in [1.54, 1.807) is 0 Å². The van der Waals surface area contributed by atoms with Gasteiger partial charge in [0.15, 0.2) is 0 Å². The van der Waals surface area contributed by atoms with Gasteiger partial charge in [0.2, 0.25) is 0 Å². The maximum absolute atomic E-state index is 7.56. The van der Waals surface area contributed by atoms with Crippen molar-refractivity contribution in [2.75, 3.05) is 0 Å². The summed E-state index contributed by atoms with van der Waals surface area (Å²) in [5.41, 5.74) is 0. The third-order valence-corrected chi connectivity index (χ3v) is 4.91. The molecule has 0 unspecified atom stereocenters. The van der Waals surface area contributed by atoms with E-state index in [0.29, 0.717) is 0 Å². The molecule has 6 heteroatoms. The Bertz CT molecular complexity index is 251. The molecule has 0 aromatic carbocycles. The van der Waals surface area contributed by atoms with E-state index in [1.165, 1.54) is 134 Å². The topological polar surface area (TPSA) is 60.7 Å². The molecular weight excluding hydrogens is 350 g/mol. The van der Waals surface area contributed by atoms with E-state index < -0.39 is 6.72 Å². The zero-order valence-electron chi connectivity index (χ0n) is 16.2. The fourth-order valence-corrected chi connectivity index (χ4v) is 3.30. The third-order valence-electron chi connectivity index (χ3n) is 4.21. The summed E-state index contributed by atoms with van der Waals surface area (Å²) in [6.45, 7) is -1.51. The predicted molar refractivity (Wildman–Crippen MR) is 111 cm³/mol. The van der Waals surface area contributed by atoms with Gasteiger partial charge in [0.25, 0.3) is 0 Å². The molecule has 0 fully saturated rings. The molecule has 0 aliphatic carbocycles. The summed E-state index contributed by atoms with van der Waals surface area (Å²) in [5, 5.41) is 0. The van der Waals surface area contributed by atoms with Gasteiger partial charge in [-0.1, -0.05) is 39.0 Å². The van der Waals surface area contributed by atoms with Gasteiger partial charge >= 0.3 is 109 Å². The Labute approximate surface area is 173 Å². The molecule has 0 rings (SSSR count). The minimum absolute atomic E-state index is 1.38. The quantitative estimate of drug-likeness (QED) is 0.171. The molecule has 3 nitrogen and oxygen atoms in total. The van der Waals surface area contributed by atoms with Crippen LogP contribution in [0, 0.1) is 0 Å². The smallest absolute Gasteiger partial charge is 0.319 e. The maximum Gasteiger partial charge on any atom is 0.319 e. The van der Waals surface area contributed by atoms with Gasteiger partial charge in [0.1, 0.15) is 0 Å². The van der Waals surface area contributed by atoms with Crippen molar-refractivity contribution >= 4 is 46.5 Å². The Hall–Kier alpha value is 1.53. The van der Waals surface area contributed by atoms with Crippen molar-refractivity contribution in [2.45, 2.75) is 113 Å². The largest absolute Gasteiger partial charge is 0.325 e. The van der Waals surface area contributed by atoms with Gasteiger partial charge in [-0.15, -0.1) is 0 Å². The van der Waals surface area contributed by atoms with Crippen molar-refractivity contribution in [3.05, 3.63) is 0 Å². The molecule has 24 heavy (non-hydrogen) atoms. The van der Waals surface area contributed by atoms with Gasteiger partial charge in [0.05, 0.1) is 0 Å². The van der Waals surface area contributed by atoms with Crippen molar-refractivity contribution in [1.82, 2.24) is 0 Å². The van der Waals surface area contributed by atoms with E-state index in [9.17, 15) is 0 Å². The molecule has 142 valence electrons. The van der Waals surface area contributed by atoms with Crippen LogP contribution >= 0.6 is 6.72 Å². The van der Waals surface area contributed by atoms with Crippen molar-refractivity contribution < 1.29 is 14.7 Å². The van der Waals surface area contributed by atoms with Crippen molar-refractivity contribution in [3.63, 3.8) is 0 Å². The molecule has 0 saturated carbocycles. The van der Waals surface area contributed by atoms with Crippen LogP contribution in [-0.4, -0.2) is 42.6 Å². The SMILES string of the molecule is CCCCCCCCCCCCCCCCC[CH2][Na].OP(O)(O)=S. The van der Waals surface area contributed by atoms with Crippen LogP contribution in [0.2, 0.25) is 3.67 Å². The molecule has 0 spiro atoms. The van der Waals surface area contributed by atoms with Crippen LogP contribution in [0.25, 0.3) is 0 Å². The average Bonchev–Trinajstić information content (AvgIpc) is 2.49. The molecule has 0 bridgehead atoms. The van der Waals surface area contributed by atoms with Crippen molar-refractivity contribution in [2.24, 2.45) is 0 Å². The minimum Gasteiger partial charge on any atom is -0.325 e. The van der Waals surface area contributed by atoms with Crippen LogP contribution in [0.15, 0.2) is 0 Å². The number of rotatable bonds is 16. The van der Waals surface area contributed by atoms with Gasteiger partial charge < -0.3 is 14.7 Å². The predicted octanol–water partition coefficient (Wildman–Crippen LogP) is 6.02. The van der Waals surface area contributed by atoms with Crippen LogP contribution in [0.5, 0.6) is 0 Å². The van der Waals surface area contributed by atoms with E-state index in [1.807, 2.05) is 0 Å². The monoisotopic (exact) mass is 390 g/mol. The average molecular weight is 391 g/mol. The molecule has 0 aromatic rings. The summed E-state index contributed by atoms with van der Waals surface area (Å²) in [5.74, 6) is 0. The molecule has 0 aromatic heterocycles. The standard InChI is InChI=1S/C18H37.Na.H3O3PS/c1-3-5-7-9-11-13-15-17-18-16-14-12-10-8-6-4-2;;1-4(2,3)5/h1,3-18H2,2H3;;(H3,1,2,3,5). The number of hydrogen-bond acceptors (Lipinski definition) is 1. The molecule has 0 atom stereocenters. The van der Waals surface area contributed by atoms with Gasteiger partial charge in [-0.2, -0.15) is 0 Å². The second-order valence-corrected chi connectivity index (χ2v) is 10.3. The molecule has 0 heterocycles. The summed E-state index contributed by atoms with van der Waals surface area (Å²) in [4.78, 5) is 22.7. The van der Waals surface area contributed by atoms with Crippen molar-refractivity contribution in [3.8, 4) is 0 Å². The van der Waals surface area contributed by atoms with Crippen LogP contribution in [-0.2, 0) is 11.8 Å².